The maximum Gasteiger partial charge on any atom is 0.238 e. The van der Waals surface area contributed by atoms with Crippen molar-refractivity contribution < 1.29 is 13.2 Å². The van der Waals surface area contributed by atoms with E-state index in [1.54, 1.807) is 0 Å². The van der Waals surface area contributed by atoms with Crippen LogP contribution in [-0.4, -0.2) is 31.9 Å². The van der Waals surface area contributed by atoms with Gasteiger partial charge in [-0.25, -0.2) is 8.42 Å². The van der Waals surface area contributed by atoms with E-state index < -0.39 is 21.0 Å². The van der Waals surface area contributed by atoms with Crippen molar-refractivity contribution in [1.29, 1.82) is 0 Å². The second kappa shape index (κ2) is 6.61. The zero-order valence-electron chi connectivity index (χ0n) is 9.32. The third kappa shape index (κ3) is 4.97. The minimum absolute atomic E-state index is 0.157. The van der Waals surface area contributed by atoms with Crippen LogP contribution in [0.3, 0.4) is 0 Å². The van der Waals surface area contributed by atoms with Gasteiger partial charge < -0.3 is 5.32 Å². The third-order valence-corrected chi connectivity index (χ3v) is 4.08. The van der Waals surface area contributed by atoms with Crippen LogP contribution in [0.15, 0.2) is 12.7 Å². The number of carbonyl (C=O) groups is 1. The quantitative estimate of drug-likeness (QED) is 0.525. The molecule has 0 bridgehead atoms. The second-order valence-corrected chi connectivity index (χ2v) is 5.77. The molecule has 88 valence electrons. The predicted molar refractivity (Wildman–Crippen MR) is 61.4 cm³/mol. The minimum atomic E-state index is -3.38. The van der Waals surface area contributed by atoms with E-state index in [4.69, 9.17) is 0 Å². The summed E-state index contributed by atoms with van der Waals surface area (Å²) in [6.07, 6.45) is 3.12. The molecule has 0 radical (unpaired) electrons. The lowest BCUT2D eigenvalue weighted by Gasteiger charge is -2.11. The summed E-state index contributed by atoms with van der Waals surface area (Å²) in [5.41, 5.74) is 0. The zero-order chi connectivity index (χ0) is 11.9. The van der Waals surface area contributed by atoms with E-state index >= 15 is 0 Å². The molecule has 0 aromatic heterocycles. The number of nitrogens with one attached hydrogen (secondary N) is 1. The Morgan fingerprint density at radius 2 is 2.13 bits per heavy atom. The maximum atomic E-state index is 11.5. The molecule has 15 heavy (non-hydrogen) atoms. The Kier molecular flexibility index (Phi) is 6.24. The average molecular weight is 233 g/mol. The first-order valence-electron chi connectivity index (χ1n) is 5.06. The number of unbranched alkanes of at least 4 members (excludes halogenated alkanes) is 1. The molecule has 4 nitrogen and oxygen atoms in total. The predicted octanol–water partition coefficient (Wildman–Crippen LogP) is 0.892. The van der Waals surface area contributed by atoms with Crippen molar-refractivity contribution in [3.8, 4) is 0 Å². The Morgan fingerprint density at radius 1 is 1.53 bits per heavy atom. The summed E-state index contributed by atoms with van der Waals surface area (Å²) in [4.78, 5) is 11.4. The van der Waals surface area contributed by atoms with Gasteiger partial charge in [-0.2, -0.15) is 0 Å². The highest BCUT2D eigenvalue weighted by Gasteiger charge is 2.25. The van der Waals surface area contributed by atoms with E-state index in [0.717, 1.165) is 12.8 Å². The Morgan fingerprint density at radius 3 is 2.60 bits per heavy atom. The van der Waals surface area contributed by atoms with Gasteiger partial charge in [-0.05, 0) is 13.3 Å². The molecule has 0 heterocycles. The first-order valence-corrected chi connectivity index (χ1v) is 6.77. The third-order valence-electron chi connectivity index (χ3n) is 2.09. The Balaban J connectivity index is 4.25. The van der Waals surface area contributed by atoms with E-state index in [9.17, 15) is 13.2 Å². The van der Waals surface area contributed by atoms with Crippen molar-refractivity contribution in [2.75, 3.05) is 12.3 Å². The van der Waals surface area contributed by atoms with E-state index in [2.05, 4.69) is 11.9 Å². The number of sulfone groups is 1. The van der Waals surface area contributed by atoms with E-state index in [1.807, 2.05) is 6.92 Å². The van der Waals surface area contributed by atoms with Crippen LogP contribution >= 0.6 is 0 Å². The molecule has 0 rings (SSSR count). The molecule has 1 N–H and O–H groups in total. The molecule has 0 saturated carbocycles. The molecule has 0 aliphatic heterocycles. The van der Waals surface area contributed by atoms with Crippen molar-refractivity contribution in [2.24, 2.45) is 0 Å². The molecule has 1 atom stereocenters. The standard InChI is InChI=1S/C10H19NO3S/c1-4-6-7-11-10(12)9(3)15(13,14)8-5-2/h5,9H,2,4,6-8H2,1,3H3,(H,11,12). The first-order chi connectivity index (χ1) is 6.95. The molecule has 0 saturated heterocycles. The van der Waals surface area contributed by atoms with Gasteiger partial charge in [0.25, 0.3) is 0 Å². The van der Waals surface area contributed by atoms with Crippen LogP contribution in [0.2, 0.25) is 0 Å². The van der Waals surface area contributed by atoms with Gasteiger partial charge in [-0.1, -0.05) is 19.4 Å². The normalized spacial score (nSPS) is 13.2. The number of rotatable bonds is 7. The van der Waals surface area contributed by atoms with Gasteiger partial charge in [0.05, 0.1) is 5.75 Å². The Hall–Kier alpha value is -0.840. The van der Waals surface area contributed by atoms with Crippen LogP contribution < -0.4 is 5.32 Å². The molecular formula is C10H19NO3S. The highest BCUT2D eigenvalue weighted by Crippen LogP contribution is 2.02. The smallest absolute Gasteiger partial charge is 0.238 e. The van der Waals surface area contributed by atoms with Gasteiger partial charge >= 0.3 is 0 Å². The van der Waals surface area contributed by atoms with Crippen LogP contribution in [0.25, 0.3) is 0 Å². The molecule has 0 fully saturated rings. The summed E-state index contributed by atoms with van der Waals surface area (Å²) in [5.74, 6) is -0.583. The van der Waals surface area contributed by atoms with Gasteiger partial charge in [-0.3, -0.25) is 4.79 Å². The highest BCUT2D eigenvalue weighted by molar-refractivity contribution is 7.92. The van der Waals surface area contributed by atoms with Crippen LogP contribution in [0.4, 0.5) is 0 Å². The lowest BCUT2D eigenvalue weighted by atomic mass is 10.3. The van der Waals surface area contributed by atoms with Gasteiger partial charge in [0, 0.05) is 6.54 Å². The van der Waals surface area contributed by atoms with Gasteiger partial charge in [-0.15, -0.1) is 6.58 Å². The first kappa shape index (κ1) is 14.2. The molecule has 0 spiro atoms. The van der Waals surface area contributed by atoms with Crippen molar-refractivity contribution in [3.05, 3.63) is 12.7 Å². The number of amides is 1. The molecule has 0 aliphatic rings. The molecule has 1 amide bonds. The van der Waals surface area contributed by atoms with E-state index in [-0.39, 0.29) is 5.75 Å². The van der Waals surface area contributed by atoms with Gasteiger partial charge in [0.1, 0.15) is 5.25 Å². The highest BCUT2D eigenvalue weighted by atomic mass is 32.2. The summed E-state index contributed by atoms with van der Waals surface area (Å²) in [6, 6.07) is 0. The topological polar surface area (TPSA) is 63.2 Å². The van der Waals surface area contributed by atoms with Gasteiger partial charge in [0.2, 0.25) is 5.91 Å². The Bertz CT molecular complexity index is 309. The Labute approximate surface area is 91.7 Å². The van der Waals surface area contributed by atoms with Gasteiger partial charge in [0.15, 0.2) is 9.84 Å². The molecule has 0 aromatic carbocycles. The summed E-state index contributed by atoms with van der Waals surface area (Å²) < 4.78 is 22.9. The fourth-order valence-electron chi connectivity index (χ4n) is 1.00. The summed E-state index contributed by atoms with van der Waals surface area (Å²) in [6.45, 7) is 7.29. The van der Waals surface area contributed by atoms with Crippen molar-refractivity contribution >= 4 is 15.7 Å². The van der Waals surface area contributed by atoms with Crippen LogP contribution in [-0.2, 0) is 14.6 Å². The lowest BCUT2D eigenvalue weighted by Crippen LogP contribution is -2.39. The molecule has 0 aromatic rings. The van der Waals surface area contributed by atoms with Crippen LogP contribution in [0.1, 0.15) is 26.7 Å². The number of hydrogen-bond acceptors (Lipinski definition) is 3. The minimum Gasteiger partial charge on any atom is -0.355 e. The SMILES string of the molecule is C=CCS(=O)(=O)C(C)C(=O)NCCCC. The summed E-state index contributed by atoms with van der Waals surface area (Å²) in [5, 5.41) is 1.60. The monoisotopic (exact) mass is 233 g/mol. The van der Waals surface area contributed by atoms with Crippen molar-refractivity contribution in [2.45, 2.75) is 31.9 Å². The number of carbonyl (C=O) groups excluding carboxylic acids is 1. The molecular weight excluding hydrogens is 214 g/mol. The largest absolute Gasteiger partial charge is 0.355 e. The fourth-order valence-corrected chi connectivity index (χ4v) is 2.03. The summed E-state index contributed by atoms with van der Waals surface area (Å²) in [7, 11) is -3.38. The lowest BCUT2D eigenvalue weighted by molar-refractivity contribution is -0.120. The van der Waals surface area contributed by atoms with Crippen molar-refractivity contribution in [1.82, 2.24) is 5.32 Å². The average Bonchev–Trinajstić information content (AvgIpc) is 2.16. The summed E-state index contributed by atoms with van der Waals surface area (Å²) >= 11 is 0. The van der Waals surface area contributed by atoms with Crippen molar-refractivity contribution in [3.63, 3.8) is 0 Å². The second-order valence-electron chi connectivity index (χ2n) is 3.41. The fraction of sp³-hybridized carbons (Fsp3) is 0.700. The molecule has 1 unspecified atom stereocenters. The molecule has 5 heteroatoms. The van der Waals surface area contributed by atoms with E-state index in [1.165, 1.54) is 13.0 Å². The van der Waals surface area contributed by atoms with E-state index in [0.29, 0.717) is 6.54 Å². The van der Waals surface area contributed by atoms with Crippen LogP contribution in [0, 0.1) is 0 Å². The molecule has 0 aliphatic carbocycles. The van der Waals surface area contributed by atoms with Crippen LogP contribution in [0.5, 0.6) is 0 Å². The number of hydrogen-bond donors (Lipinski definition) is 1. The maximum absolute atomic E-state index is 11.5. The zero-order valence-corrected chi connectivity index (χ0v) is 10.1.